The van der Waals surface area contributed by atoms with Gasteiger partial charge in [-0.2, -0.15) is 5.10 Å². The predicted octanol–water partition coefficient (Wildman–Crippen LogP) is 1.78. The first kappa shape index (κ1) is 10.5. The minimum atomic E-state index is 0.461. The van der Waals surface area contributed by atoms with Crippen LogP contribution < -0.4 is 0 Å². The van der Waals surface area contributed by atoms with E-state index in [1.807, 2.05) is 18.6 Å². The zero-order chi connectivity index (χ0) is 11.7. The van der Waals surface area contributed by atoms with Crippen molar-refractivity contribution in [2.45, 2.75) is 32.4 Å². The third-order valence-electron chi connectivity index (χ3n) is 3.47. The van der Waals surface area contributed by atoms with Crippen LogP contribution in [-0.4, -0.2) is 31.6 Å². The van der Waals surface area contributed by atoms with Crippen molar-refractivity contribution in [2.24, 2.45) is 0 Å². The Kier molecular flexibility index (Phi) is 2.68. The Morgan fingerprint density at radius 3 is 3.18 bits per heavy atom. The maximum atomic E-state index is 4.29. The lowest BCUT2D eigenvalue weighted by atomic mass is 10.1. The number of H-pyrrole nitrogens is 2. The summed E-state index contributed by atoms with van der Waals surface area (Å²) >= 11 is 0. The number of likely N-dealkylation sites (tertiary alicyclic amines) is 1. The summed E-state index contributed by atoms with van der Waals surface area (Å²) in [6, 6.07) is 0.461. The molecule has 3 rings (SSSR count). The van der Waals surface area contributed by atoms with Crippen molar-refractivity contribution in [3.8, 4) is 0 Å². The lowest BCUT2D eigenvalue weighted by Gasteiger charge is -2.22. The number of imidazole rings is 1. The second-order valence-electron chi connectivity index (χ2n) is 4.63. The molecule has 0 radical (unpaired) electrons. The average molecular weight is 231 g/mol. The van der Waals surface area contributed by atoms with E-state index >= 15 is 0 Å². The molecule has 2 aromatic rings. The molecule has 1 fully saturated rings. The Labute approximate surface area is 100 Å². The summed E-state index contributed by atoms with van der Waals surface area (Å²) in [5.41, 5.74) is 2.51. The van der Waals surface area contributed by atoms with Crippen LogP contribution in [0.4, 0.5) is 0 Å². The molecule has 2 N–H and O–H groups in total. The number of hydrogen-bond acceptors (Lipinski definition) is 3. The number of nitrogens with zero attached hydrogens (tertiary/aromatic N) is 3. The fraction of sp³-hybridized carbons (Fsp3) is 0.500. The topological polar surface area (TPSA) is 60.6 Å². The molecule has 0 aliphatic carbocycles. The van der Waals surface area contributed by atoms with E-state index in [1.165, 1.54) is 24.1 Å². The van der Waals surface area contributed by atoms with E-state index in [1.54, 1.807) is 0 Å². The molecule has 1 aliphatic heterocycles. The van der Waals surface area contributed by atoms with E-state index in [9.17, 15) is 0 Å². The van der Waals surface area contributed by atoms with Crippen molar-refractivity contribution in [3.05, 3.63) is 35.7 Å². The summed E-state index contributed by atoms with van der Waals surface area (Å²) in [4.78, 5) is 9.92. The summed E-state index contributed by atoms with van der Waals surface area (Å²) in [5, 5.41) is 7.26. The van der Waals surface area contributed by atoms with Crippen LogP contribution in [0.25, 0.3) is 0 Å². The molecule has 0 bridgehead atoms. The van der Waals surface area contributed by atoms with Gasteiger partial charge in [-0.15, -0.1) is 0 Å². The van der Waals surface area contributed by atoms with Crippen molar-refractivity contribution >= 4 is 0 Å². The molecule has 90 valence electrons. The van der Waals surface area contributed by atoms with Gasteiger partial charge >= 0.3 is 0 Å². The quantitative estimate of drug-likeness (QED) is 0.846. The van der Waals surface area contributed by atoms with E-state index in [-0.39, 0.29) is 0 Å². The number of nitrogens with one attached hydrogen (secondary N) is 2. The summed E-state index contributed by atoms with van der Waals surface area (Å²) in [5.74, 6) is 1.04. The zero-order valence-corrected chi connectivity index (χ0v) is 9.98. The first-order valence-corrected chi connectivity index (χ1v) is 6.07. The number of aromatic nitrogens is 4. The van der Waals surface area contributed by atoms with Crippen molar-refractivity contribution in [1.82, 2.24) is 25.1 Å². The van der Waals surface area contributed by atoms with Crippen molar-refractivity contribution in [3.63, 3.8) is 0 Å². The van der Waals surface area contributed by atoms with Crippen molar-refractivity contribution in [1.29, 1.82) is 0 Å². The molecule has 0 amide bonds. The zero-order valence-electron chi connectivity index (χ0n) is 9.98. The van der Waals surface area contributed by atoms with Gasteiger partial charge in [0, 0.05) is 12.4 Å². The van der Waals surface area contributed by atoms with Gasteiger partial charge in [0.05, 0.1) is 24.5 Å². The van der Waals surface area contributed by atoms with Crippen LogP contribution in [0.5, 0.6) is 0 Å². The van der Waals surface area contributed by atoms with Crippen molar-refractivity contribution < 1.29 is 0 Å². The molecule has 5 heteroatoms. The van der Waals surface area contributed by atoms with Gasteiger partial charge in [0.1, 0.15) is 5.82 Å². The number of hydrogen-bond donors (Lipinski definition) is 2. The monoisotopic (exact) mass is 231 g/mol. The van der Waals surface area contributed by atoms with Crippen LogP contribution in [0.2, 0.25) is 0 Å². The summed E-state index contributed by atoms with van der Waals surface area (Å²) in [6.07, 6.45) is 8.02. The predicted molar refractivity (Wildman–Crippen MR) is 64.3 cm³/mol. The van der Waals surface area contributed by atoms with Gasteiger partial charge in [-0.25, -0.2) is 4.98 Å². The normalized spacial score (nSPS) is 21.1. The van der Waals surface area contributed by atoms with Crippen LogP contribution in [-0.2, 0) is 6.54 Å². The number of aromatic amines is 2. The molecular formula is C12H17N5. The molecule has 0 spiro atoms. The van der Waals surface area contributed by atoms with Crippen LogP contribution in [0.1, 0.15) is 36.0 Å². The van der Waals surface area contributed by atoms with Gasteiger partial charge in [-0.1, -0.05) is 0 Å². The van der Waals surface area contributed by atoms with Crippen LogP contribution >= 0.6 is 0 Å². The molecule has 1 saturated heterocycles. The lowest BCUT2D eigenvalue weighted by Crippen LogP contribution is -2.24. The Morgan fingerprint density at radius 2 is 2.47 bits per heavy atom. The van der Waals surface area contributed by atoms with E-state index in [0.717, 1.165) is 18.9 Å². The molecule has 2 aromatic heterocycles. The van der Waals surface area contributed by atoms with E-state index in [2.05, 4.69) is 32.0 Å². The van der Waals surface area contributed by atoms with Gasteiger partial charge in [-0.3, -0.25) is 10.00 Å². The van der Waals surface area contributed by atoms with Gasteiger partial charge in [0.25, 0.3) is 0 Å². The minimum absolute atomic E-state index is 0.461. The van der Waals surface area contributed by atoms with E-state index in [0.29, 0.717) is 6.04 Å². The maximum absolute atomic E-state index is 4.29. The minimum Gasteiger partial charge on any atom is -0.348 e. The van der Waals surface area contributed by atoms with Gasteiger partial charge in [0.2, 0.25) is 0 Å². The van der Waals surface area contributed by atoms with Crippen molar-refractivity contribution in [2.75, 3.05) is 6.54 Å². The maximum Gasteiger partial charge on any atom is 0.120 e. The Morgan fingerprint density at radius 1 is 1.53 bits per heavy atom. The molecule has 3 heterocycles. The number of rotatable bonds is 3. The van der Waals surface area contributed by atoms with E-state index < -0.39 is 0 Å². The largest absolute Gasteiger partial charge is 0.348 e. The van der Waals surface area contributed by atoms with Gasteiger partial charge in [-0.05, 0) is 31.9 Å². The standard InChI is InChI=1S/C12H17N5/c1-9-7-15-16-12(9)10-3-2-6-17(10)8-11-13-4-5-14-11/h4-5,7,10H,2-3,6,8H2,1H3,(H,13,14)(H,15,16)/t10-/m1/s1. The highest BCUT2D eigenvalue weighted by molar-refractivity contribution is 5.19. The fourth-order valence-electron chi connectivity index (χ4n) is 2.61. The highest BCUT2D eigenvalue weighted by Gasteiger charge is 2.28. The Hall–Kier alpha value is -1.62. The molecule has 17 heavy (non-hydrogen) atoms. The molecule has 1 aliphatic rings. The molecule has 0 aromatic carbocycles. The average Bonchev–Trinajstić information content (AvgIpc) is 3.00. The summed E-state index contributed by atoms with van der Waals surface area (Å²) in [6.45, 7) is 4.13. The number of aryl methyl sites for hydroxylation is 1. The van der Waals surface area contributed by atoms with Gasteiger partial charge < -0.3 is 4.98 Å². The van der Waals surface area contributed by atoms with Crippen LogP contribution in [0, 0.1) is 6.92 Å². The smallest absolute Gasteiger partial charge is 0.120 e. The Bertz CT molecular complexity index is 473. The lowest BCUT2D eigenvalue weighted by molar-refractivity contribution is 0.238. The molecule has 5 nitrogen and oxygen atoms in total. The fourth-order valence-corrected chi connectivity index (χ4v) is 2.61. The first-order chi connectivity index (χ1) is 8.34. The molecule has 0 saturated carbocycles. The van der Waals surface area contributed by atoms with Gasteiger partial charge in [0.15, 0.2) is 0 Å². The summed E-state index contributed by atoms with van der Waals surface area (Å²) < 4.78 is 0. The highest BCUT2D eigenvalue weighted by Crippen LogP contribution is 2.32. The Balaban J connectivity index is 1.78. The van der Waals surface area contributed by atoms with Crippen LogP contribution in [0.3, 0.4) is 0 Å². The van der Waals surface area contributed by atoms with Crippen LogP contribution in [0.15, 0.2) is 18.6 Å². The highest BCUT2D eigenvalue weighted by atomic mass is 15.2. The second-order valence-corrected chi connectivity index (χ2v) is 4.63. The third-order valence-corrected chi connectivity index (χ3v) is 3.47. The first-order valence-electron chi connectivity index (χ1n) is 6.07. The second kappa shape index (κ2) is 4.33. The third kappa shape index (κ3) is 1.98. The molecule has 1 atom stereocenters. The SMILES string of the molecule is Cc1cn[nH]c1[C@H]1CCCN1Cc1ncc[nH]1. The van der Waals surface area contributed by atoms with E-state index in [4.69, 9.17) is 0 Å². The summed E-state index contributed by atoms with van der Waals surface area (Å²) in [7, 11) is 0. The molecule has 0 unspecified atom stereocenters. The molecular weight excluding hydrogens is 214 g/mol.